The van der Waals surface area contributed by atoms with E-state index in [2.05, 4.69) is 5.32 Å². The monoisotopic (exact) mass is 207 g/mol. The third kappa shape index (κ3) is 3.86. The van der Waals surface area contributed by atoms with Gasteiger partial charge in [0, 0.05) is 13.0 Å². The van der Waals surface area contributed by atoms with Gasteiger partial charge >= 0.3 is 12.1 Å². The minimum atomic E-state index is -5.60. The molecule has 0 bridgehead atoms. The Kier molecular flexibility index (Phi) is 4.05. The standard InChI is InChI=1S/C6H10F5NO/c1-12-3-4(13)2-5(7,8)6(9,10)11/h4,12-13H,2-3H2,1H3. The van der Waals surface area contributed by atoms with E-state index in [1.54, 1.807) is 0 Å². The first kappa shape index (κ1) is 12.6. The van der Waals surface area contributed by atoms with E-state index < -0.39 is 24.6 Å². The van der Waals surface area contributed by atoms with Crippen molar-refractivity contribution >= 4 is 0 Å². The van der Waals surface area contributed by atoms with E-state index in [1.807, 2.05) is 0 Å². The van der Waals surface area contributed by atoms with Crippen molar-refractivity contribution in [2.24, 2.45) is 0 Å². The van der Waals surface area contributed by atoms with Gasteiger partial charge in [0.2, 0.25) is 0 Å². The van der Waals surface area contributed by atoms with Crippen LogP contribution in [0.1, 0.15) is 6.42 Å². The van der Waals surface area contributed by atoms with Gasteiger partial charge in [-0.05, 0) is 7.05 Å². The van der Waals surface area contributed by atoms with E-state index in [0.29, 0.717) is 0 Å². The van der Waals surface area contributed by atoms with Crippen LogP contribution >= 0.6 is 0 Å². The Bertz CT molecular complexity index is 158. The number of aliphatic hydroxyl groups excluding tert-OH is 1. The molecule has 0 spiro atoms. The molecule has 0 fully saturated rings. The number of alkyl halides is 5. The Morgan fingerprint density at radius 1 is 1.23 bits per heavy atom. The molecule has 0 radical (unpaired) electrons. The highest BCUT2D eigenvalue weighted by Gasteiger charge is 2.57. The molecule has 2 nitrogen and oxygen atoms in total. The quantitative estimate of drug-likeness (QED) is 0.678. The molecule has 0 saturated heterocycles. The van der Waals surface area contributed by atoms with Crippen LogP contribution < -0.4 is 5.32 Å². The number of aliphatic hydroxyl groups is 1. The maximum Gasteiger partial charge on any atom is 0.453 e. The number of hydrogen-bond acceptors (Lipinski definition) is 2. The molecule has 0 aromatic heterocycles. The summed E-state index contributed by atoms with van der Waals surface area (Å²) in [5.74, 6) is -4.83. The molecule has 1 unspecified atom stereocenters. The fourth-order valence-corrected chi connectivity index (χ4v) is 0.719. The molecule has 1 atom stereocenters. The van der Waals surface area contributed by atoms with Crippen LogP contribution in [0, 0.1) is 0 Å². The molecule has 7 heteroatoms. The zero-order valence-electron chi connectivity index (χ0n) is 6.83. The van der Waals surface area contributed by atoms with Gasteiger partial charge in [0.15, 0.2) is 0 Å². The Balaban J connectivity index is 4.17. The zero-order chi connectivity index (χ0) is 10.7. The molecule has 80 valence electrons. The number of hydrogen-bond donors (Lipinski definition) is 2. The maximum atomic E-state index is 12.2. The predicted octanol–water partition coefficient (Wildman–Crippen LogP) is 1.15. The van der Waals surface area contributed by atoms with Crippen LogP contribution in [0.15, 0.2) is 0 Å². The van der Waals surface area contributed by atoms with E-state index in [0.717, 1.165) is 0 Å². The normalized spacial score (nSPS) is 15.9. The van der Waals surface area contributed by atoms with Crippen LogP contribution in [0.2, 0.25) is 0 Å². The van der Waals surface area contributed by atoms with E-state index in [9.17, 15) is 22.0 Å². The van der Waals surface area contributed by atoms with Gasteiger partial charge in [0.25, 0.3) is 0 Å². The maximum absolute atomic E-state index is 12.2. The Morgan fingerprint density at radius 2 is 1.69 bits per heavy atom. The van der Waals surface area contributed by atoms with Crippen molar-refractivity contribution in [2.75, 3.05) is 13.6 Å². The largest absolute Gasteiger partial charge is 0.453 e. The summed E-state index contributed by atoms with van der Waals surface area (Å²) in [5, 5.41) is 11.0. The van der Waals surface area contributed by atoms with Crippen molar-refractivity contribution in [2.45, 2.75) is 24.6 Å². The van der Waals surface area contributed by atoms with Crippen LogP contribution in [0.3, 0.4) is 0 Å². The van der Waals surface area contributed by atoms with Crippen LogP contribution in [-0.4, -0.2) is 36.9 Å². The fourth-order valence-electron chi connectivity index (χ4n) is 0.719. The van der Waals surface area contributed by atoms with Crippen molar-refractivity contribution in [1.29, 1.82) is 0 Å². The smallest absolute Gasteiger partial charge is 0.392 e. The zero-order valence-corrected chi connectivity index (χ0v) is 6.83. The van der Waals surface area contributed by atoms with Crippen LogP contribution in [0.4, 0.5) is 22.0 Å². The summed E-state index contributed by atoms with van der Waals surface area (Å²) < 4.78 is 59.0. The summed E-state index contributed by atoms with van der Waals surface area (Å²) in [7, 11) is 1.34. The Labute approximate surface area is 71.7 Å². The van der Waals surface area contributed by atoms with Gasteiger partial charge < -0.3 is 10.4 Å². The summed E-state index contributed by atoms with van der Waals surface area (Å²) in [6, 6.07) is 0. The van der Waals surface area contributed by atoms with Gasteiger partial charge in [-0.15, -0.1) is 0 Å². The average molecular weight is 207 g/mol. The van der Waals surface area contributed by atoms with Crippen molar-refractivity contribution in [3.8, 4) is 0 Å². The Morgan fingerprint density at radius 3 is 2.00 bits per heavy atom. The molecule has 0 saturated carbocycles. The van der Waals surface area contributed by atoms with Crippen molar-refractivity contribution in [3.05, 3.63) is 0 Å². The van der Waals surface area contributed by atoms with Crippen LogP contribution in [0.25, 0.3) is 0 Å². The Hall–Kier alpha value is -0.430. The topological polar surface area (TPSA) is 32.3 Å². The summed E-state index contributed by atoms with van der Waals surface area (Å²) in [4.78, 5) is 0. The number of rotatable bonds is 4. The molecule has 0 rings (SSSR count). The molecular formula is C6H10F5NO. The van der Waals surface area contributed by atoms with Crippen molar-refractivity contribution in [1.82, 2.24) is 5.32 Å². The third-order valence-electron chi connectivity index (χ3n) is 1.35. The minimum Gasteiger partial charge on any atom is -0.392 e. The molecule has 2 N–H and O–H groups in total. The highest BCUT2D eigenvalue weighted by atomic mass is 19.4. The number of likely N-dealkylation sites (N-methyl/N-ethyl adjacent to an activating group) is 1. The second kappa shape index (κ2) is 4.19. The highest BCUT2D eigenvalue weighted by Crippen LogP contribution is 2.38. The molecule has 13 heavy (non-hydrogen) atoms. The number of nitrogens with one attached hydrogen (secondary N) is 1. The summed E-state index contributed by atoms with van der Waals surface area (Å²) in [6.07, 6.45) is -8.92. The molecule has 0 aliphatic heterocycles. The lowest BCUT2D eigenvalue weighted by Crippen LogP contribution is -2.41. The minimum absolute atomic E-state index is 0.300. The average Bonchev–Trinajstić information content (AvgIpc) is 1.83. The van der Waals surface area contributed by atoms with E-state index in [-0.39, 0.29) is 6.54 Å². The fraction of sp³-hybridized carbons (Fsp3) is 1.00. The number of halogens is 5. The summed E-state index contributed by atoms with van der Waals surface area (Å²) in [6.45, 7) is -0.300. The van der Waals surface area contributed by atoms with E-state index in [1.165, 1.54) is 7.05 Å². The molecular weight excluding hydrogens is 197 g/mol. The molecule has 0 aliphatic carbocycles. The molecule has 0 aromatic rings. The van der Waals surface area contributed by atoms with E-state index in [4.69, 9.17) is 5.11 Å². The van der Waals surface area contributed by atoms with E-state index >= 15 is 0 Å². The highest BCUT2D eigenvalue weighted by molar-refractivity contribution is 4.79. The van der Waals surface area contributed by atoms with Crippen molar-refractivity contribution < 1.29 is 27.1 Å². The van der Waals surface area contributed by atoms with Gasteiger partial charge in [0.1, 0.15) is 0 Å². The summed E-state index contributed by atoms with van der Waals surface area (Å²) in [5.41, 5.74) is 0. The van der Waals surface area contributed by atoms with Gasteiger partial charge in [-0.25, -0.2) is 0 Å². The lowest BCUT2D eigenvalue weighted by Gasteiger charge is -2.21. The van der Waals surface area contributed by atoms with Crippen molar-refractivity contribution in [3.63, 3.8) is 0 Å². The lowest BCUT2D eigenvalue weighted by molar-refractivity contribution is -0.289. The first-order chi connectivity index (χ1) is 5.70. The van der Waals surface area contributed by atoms with Gasteiger partial charge in [-0.3, -0.25) is 0 Å². The van der Waals surface area contributed by atoms with Crippen LogP contribution in [-0.2, 0) is 0 Å². The molecule has 0 amide bonds. The first-order valence-corrected chi connectivity index (χ1v) is 3.48. The third-order valence-corrected chi connectivity index (χ3v) is 1.35. The van der Waals surface area contributed by atoms with Gasteiger partial charge in [-0.2, -0.15) is 22.0 Å². The first-order valence-electron chi connectivity index (χ1n) is 3.48. The molecule has 0 aromatic carbocycles. The van der Waals surface area contributed by atoms with Crippen LogP contribution in [0.5, 0.6) is 0 Å². The second-order valence-corrected chi connectivity index (χ2v) is 2.62. The lowest BCUT2D eigenvalue weighted by atomic mass is 10.1. The second-order valence-electron chi connectivity index (χ2n) is 2.62. The SMILES string of the molecule is CNCC(O)CC(F)(F)C(F)(F)F. The van der Waals surface area contributed by atoms with Gasteiger partial charge in [0.05, 0.1) is 6.10 Å². The molecule has 0 aliphatic rings. The summed E-state index contributed by atoms with van der Waals surface area (Å²) >= 11 is 0. The van der Waals surface area contributed by atoms with Gasteiger partial charge in [-0.1, -0.05) is 0 Å². The molecule has 0 heterocycles. The predicted molar refractivity (Wildman–Crippen MR) is 35.6 cm³/mol.